The van der Waals surface area contributed by atoms with Crippen molar-refractivity contribution in [3.63, 3.8) is 0 Å². The number of hydrogen-bond acceptors (Lipinski definition) is 3. The number of aryl methyl sites for hydroxylation is 2. The van der Waals surface area contributed by atoms with E-state index in [9.17, 15) is 9.59 Å². The Bertz CT molecular complexity index is 1210. The van der Waals surface area contributed by atoms with Crippen LogP contribution in [0.4, 0.5) is 0 Å². The zero-order valence-electron chi connectivity index (χ0n) is 15.4. The number of hydrogen-bond donors (Lipinski definition) is 0. The molecule has 0 radical (unpaired) electrons. The van der Waals surface area contributed by atoms with Gasteiger partial charge in [-0.2, -0.15) is 0 Å². The van der Waals surface area contributed by atoms with E-state index in [-0.39, 0.29) is 23.6 Å². The summed E-state index contributed by atoms with van der Waals surface area (Å²) < 4.78 is 5.98. The van der Waals surface area contributed by atoms with Crippen molar-refractivity contribution < 1.29 is 9.21 Å². The summed E-state index contributed by atoms with van der Waals surface area (Å²) in [5.41, 5.74) is 3.02. The first-order valence-electron chi connectivity index (χ1n) is 8.78. The third kappa shape index (κ3) is 2.76. The van der Waals surface area contributed by atoms with Crippen LogP contribution in [-0.4, -0.2) is 17.4 Å². The van der Waals surface area contributed by atoms with E-state index in [1.54, 1.807) is 35.2 Å². The fourth-order valence-electron chi connectivity index (χ4n) is 3.83. The van der Waals surface area contributed by atoms with Crippen LogP contribution < -0.4 is 5.43 Å². The number of amides is 1. The van der Waals surface area contributed by atoms with Crippen molar-refractivity contribution in [2.45, 2.75) is 19.9 Å². The highest BCUT2D eigenvalue weighted by Crippen LogP contribution is 2.40. The molecule has 1 amide bonds. The van der Waals surface area contributed by atoms with Gasteiger partial charge in [-0.15, -0.1) is 6.58 Å². The summed E-state index contributed by atoms with van der Waals surface area (Å²) in [6, 6.07) is 8.21. The maximum Gasteiger partial charge on any atom is 0.291 e. The van der Waals surface area contributed by atoms with Crippen LogP contribution in [0.5, 0.6) is 0 Å². The Balaban J connectivity index is 2.06. The zero-order valence-corrected chi connectivity index (χ0v) is 16.9. The highest BCUT2D eigenvalue weighted by Gasteiger charge is 2.42. The van der Waals surface area contributed by atoms with Gasteiger partial charge >= 0.3 is 0 Å². The zero-order chi connectivity index (χ0) is 20.2. The molecule has 28 heavy (non-hydrogen) atoms. The first-order valence-corrected chi connectivity index (χ1v) is 9.54. The minimum Gasteiger partial charge on any atom is -0.450 e. The molecule has 0 saturated carbocycles. The van der Waals surface area contributed by atoms with Crippen molar-refractivity contribution in [1.29, 1.82) is 0 Å². The Kier molecular flexibility index (Phi) is 4.56. The van der Waals surface area contributed by atoms with Gasteiger partial charge in [-0.25, -0.2) is 0 Å². The first kappa shape index (κ1) is 18.8. The van der Waals surface area contributed by atoms with Gasteiger partial charge in [-0.3, -0.25) is 9.59 Å². The van der Waals surface area contributed by atoms with E-state index in [1.807, 2.05) is 19.9 Å². The van der Waals surface area contributed by atoms with E-state index in [0.29, 0.717) is 32.1 Å². The van der Waals surface area contributed by atoms with Gasteiger partial charge in [0.1, 0.15) is 5.58 Å². The van der Waals surface area contributed by atoms with Crippen molar-refractivity contribution in [1.82, 2.24) is 4.90 Å². The molecule has 2 aromatic carbocycles. The van der Waals surface area contributed by atoms with Crippen LogP contribution in [0.25, 0.3) is 11.0 Å². The van der Waals surface area contributed by atoms with Crippen LogP contribution in [0.15, 0.2) is 52.2 Å². The molecular weight excluding hydrogens is 397 g/mol. The fourth-order valence-corrected chi connectivity index (χ4v) is 4.14. The lowest BCUT2D eigenvalue weighted by Crippen LogP contribution is -2.29. The number of carbonyl (C=O) groups is 1. The third-order valence-electron chi connectivity index (χ3n) is 4.98. The molecule has 0 fully saturated rings. The first-order chi connectivity index (χ1) is 13.3. The van der Waals surface area contributed by atoms with Crippen LogP contribution >= 0.6 is 23.2 Å². The number of rotatable bonds is 3. The van der Waals surface area contributed by atoms with E-state index in [4.69, 9.17) is 27.6 Å². The van der Waals surface area contributed by atoms with E-state index in [1.165, 1.54) is 0 Å². The van der Waals surface area contributed by atoms with Crippen molar-refractivity contribution in [2.24, 2.45) is 0 Å². The normalized spacial score (nSPS) is 15.9. The van der Waals surface area contributed by atoms with Gasteiger partial charge in [0.05, 0.1) is 27.0 Å². The van der Waals surface area contributed by atoms with Crippen molar-refractivity contribution >= 4 is 40.1 Å². The monoisotopic (exact) mass is 413 g/mol. The van der Waals surface area contributed by atoms with Crippen LogP contribution in [-0.2, 0) is 0 Å². The number of halogens is 2. The molecule has 4 nitrogen and oxygen atoms in total. The highest BCUT2D eigenvalue weighted by molar-refractivity contribution is 6.42. The van der Waals surface area contributed by atoms with Crippen LogP contribution in [0.2, 0.25) is 10.0 Å². The summed E-state index contributed by atoms with van der Waals surface area (Å²) >= 11 is 12.2. The van der Waals surface area contributed by atoms with E-state index in [0.717, 1.165) is 11.1 Å². The van der Waals surface area contributed by atoms with Gasteiger partial charge in [-0.1, -0.05) is 41.4 Å². The maximum absolute atomic E-state index is 13.4. The average Bonchev–Trinajstić information content (AvgIpc) is 2.92. The molecule has 1 unspecified atom stereocenters. The highest BCUT2D eigenvalue weighted by atomic mass is 35.5. The summed E-state index contributed by atoms with van der Waals surface area (Å²) in [5, 5.41) is 1.23. The van der Waals surface area contributed by atoms with Crippen LogP contribution in [0, 0.1) is 13.8 Å². The second-order valence-electron chi connectivity index (χ2n) is 6.95. The Morgan fingerprint density at radius 2 is 1.89 bits per heavy atom. The molecule has 0 saturated heterocycles. The Labute approximate surface area is 172 Å². The average molecular weight is 414 g/mol. The van der Waals surface area contributed by atoms with Crippen molar-refractivity contribution in [3.8, 4) is 0 Å². The molecule has 2 heterocycles. The second kappa shape index (κ2) is 6.80. The molecule has 142 valence electrons. The van der Waals surface area contributed by atoms with Crippen molar-refractivity contribution in [3.05, 3.63) is 91.3 Å². The molecule has 1 atom stereocenters. The SMILES string of the molecule is C=CCN1C(=O)c2oc3c(C)cc(C)cc3c(=O)c2C1c1ccc(Cl)c(Cl)c1. The molecule has 1 aromatic heterocycles. The molecular formula is C22H17Cl2NO3. The lowest BCUT2D eigenvalue weighted by Gasteiger charge is -2.24. The number of benzene rings is 2. The molecule has 6 heteroatoms. The number of fused-ring (bicyclic) bond motifs is 2. The molecule has 0 N–H and O–H groups in total. The van der Waals surface area contributed by atoms with Crippen molar-refractivity contribution in [2.75, 3.05) is 6.54 Å². The predicted octanol–water partition coefficient (Wildman–Crippen LogP) is 5.45. The standard InChI is InChI=1S/C22H17Cl2NO3/c1-4-7-25-18(13-5-6-15(23)16(24)10-13)17-19(26)14-9-11(2)8-12(3)20(14)28-21(17)22(25)27/h4-6,8-10,18H,1,7H2,2-3H3. The number of nitrogens with zero attached hydrogens (tertiary/aromatic N) is 1. The lowest BCUT2D eigenvalue weighted by atomic mass is 9.97. The molecule has 4 rings (SSSR count). The third-order valence-corrected chi connectivity index (χ3v) is 5.72. The van der Waals surface area contributed by atoms with E-state index in [2.05, 4.69) is 6.58 Å². The van der Waals surface area contributed by atoms with Gasteiger partial charge in [0.15, 0.2) is 5.43 Å². The fraction of sp³-hybridized carbons (Fsp3) is 0.182. The summed E-state index contributed by atoms with van der Waals surface area (Å²) in [4.78, 5) is 28.1. The van der Waals surface area contributed by atoms with E-state index >= 15 is 0 Å². The van der Waals surface area contributed by atoms with Crippen LogP contribution in [0.3, 0.4) is 0 Å². The summed E-state index contributed by atoms with van der Waals surface area (Å²) in [7, 11) is 0. The maximum atomic E-state index is 13.4. The molecule has 0 aliphatic carbocycles. The molecule has 1 aliphatic rings. The van der Waals surface area contributed by atoms with E-state index < -0.39 is 6.04 Å². The Morgan fingerprint density at radius 3 is 2.57 bits per heavy atom. The number of carbonyl (C=O) groups excluding carboxylic acids is 1. The Morgan fingerprint density at radius 1 is 1.14 bits per heavy atom. The van der Waals surface area contributed by atoms with Gasteiger partial charge in [0.25, 0.3) is 5.91 Å². The topological polar surface area (TPSA) is 50.5 Å². The summed E-state index contributed by atoms with van der Waals surface area (Å²) in [6.45, 7) is 7.78. The summed E-state index contributed by atoms with van der Waals surface area (Å²) in [5.74, 6) is -0.271. The summed E-state index contributed by atoms with van der Waals surface area (Å²) in [6.07, 6.45) is 1.62. The smallest absolute Gasteiger partial charge is 0.291 e. The van der Waals surface area contributed by atoms with Gasteiger partial charge < -0.3 is 9.32 Å². The quantitative estimate of drug-likeness (QED) is 0.536. The molecule has 0 spiro atoms. The van der Waals surface area contributed by atoms with Gasteiger partial charge in [0.2, 0.25) is 5.76 Å². The minimum atomic E-state index is -0.614. The molecule has 3 aromatic rings. The Hall–Kier alpha value is -2.56. The minimum absolute atomic E-state index is 0.0716. The molecule has 1 aliphatic heterocycles. The van der Waals surface area contributed by atoms with Crippen LogP contribution in [0.1, 0.15) is 38.9 Å². The predicted molar refractivity (Wildman–Crippen MR) is 111 cm³/mol. The van der Waals surface area contributed by atoms with Gasteiger partial charge in [0, 0.05) is 6.54 Å². The largest absolute Gasteiger partial charge is 0.450 e. The second-order valence-corrected chi connectivity index (χ2v) is 7.77. The lowest BCUT2D eigenvalue weighted by molar-refractivity contribution is 0.0748. The molecule has 0 bridgehead atoms. The van der Waals surface area contributed by atoms with Gasteiger partial charge in [-0.05, 0) is 48.7 Å².